The van der Waals surface area contributed by atoms with Crippen molar-refractivity contribution in [1.29, 1.82) is 0 Å². The number of carbonyl (C=O) groups is 1. The average molecular weight is 416 g/mol. The Kier molecular flexibility index (Phi) is 4.89. The monoisotopic (exact) mass is 415 g/mol. The first-order valence-electron chi connectivity index (χ1n) is 8.32. The molecule has 1 amide bonds. The minimum Gasteiger partial charge on any atom is -0.467 e. The van der Waals surface area contributed by atoms with E-state index in [-0.39, 0.29) is 19.0 Å². The zero-order chi connectivity index (χ0) is 19.7. The van der Waals surface area contributed by atoms with Crippen LogP contribution in [-0.2, 0) is 17.9 Å². The van der Waals surface area contributed by atoms with E-state index in [2.05, 4.69) is 5.32 Å². The first-order valence-corrected chi connectivity index (χ1v) is 9.58. The second-order valence-electron chi connectivity index (χ2n) is 5.98. The smallest absolute Gasteiger partial charge is 0.336 e. The highest BCUT2D eigenvalue weighted by atomic mass is 35.5. The fraction of sp³-hybridized carbons (Fsp3) is 0.105. The number of fused-ring (bicyclic) bond motifs is 1. The Labute approximate surface area is 167 Å². The molecule has 0 atom stereocenters. The normalized spacial score (nSPS) is 11.0. The molecule has 142 valence electrons. The van der Waals surface area contributed by atoms with Crippen LogP contribution in [0.1, 0.15) is 5.76 Å². The largest absolute Gasteiger partial charge is 0.467 e. The molecule has 28 heavy (non-hydrogen) atoms. The molecule has 0 saturated carbocycles. The van der Waals surface area contributed by atoms with Gasteiger partial charge >= 0.3 is 5.69 Å². The highest BCUT2D eigenvalue weighted by Crippen LogP contribution is 2.17. The van der Waals surface area contributed by atoms with Crippen molar-refractivity contribution >= 4 is 39.1 Å². The van der Waals surface area contributed by atoms with Gasteiger partial charge in [-0.3, -0.25) is 14.2 Å². The summed E-state index contributed by atoms with van der Waals surface area (Å²) in [7, 11) is 0. The van der Waals surface area contributed by atoms with Crippen LogP contribution in [0.3, 0.4) is 0 Å². The van der Waals surface area contributed by atoms with Crippen molar-refractivity contribution in [3.63, 3.8) is 0 Å². The fourth-order valence-corrected chi connectivity index (χ4v) is 3.81. The van der Waals surface area contributed by atoms with E-state index in [4.69, 9.17) is 16.0 Å². The van der Waals surface area contributed by atoms with E-state index in [1.54, 1.807) is 47.8 Å². The Hall–Kier alpha value is -3.10. The summed E-state index contributed by atoms with van der Waals surface area (Å²) in [6.07, 6.45) is 1.52. The summed E-state index contributed by atoms with van der Waals surface area (Å²) in [4.78, 5) is 38.3. The maximum absolute atomic E-state index is 13.1. The number of hydrogen-bond donors (Lipinski definition) is 1. The number of nitrogens with zero attached hydrogens (tertiary/aromatic N) is 2. The highest BCUT2D eigenvalue weighted by Gasteiger charge is 2.17. The molecule has 0 aliphatic carbocycles. The van der Waals surface area contributed by atoms with Crippen LogP contribution in [0.2, 0.25) is 5.02 Å². The molecule has 0 spiro atoms. The second kappa shape index (κ2) is 7.49. The summed E-state index contributed by atoms with van der Waals surface area (Å²) < 4.78 is 7.92. The van der Waals surface area contributed by atoms with E-state index in [1.807, 2.05) is 0 Å². The maximum atomic E-state index is 13.1. The molecular weight excluding hydrogens is 402 g/mol. The van der Waals surface area contributed by atoms with E-state index < -0.39 is 11.2 Å². The van der Waals surface area contributed by atoms with Gasteiger partial charge < -0.3 is 9.73 Å². The van der Waals surface area contributed by atoms with Gasteiger partial charge in [-0.1, -0.05) is 11.6 Å². The Balaban J connectivity index is 1.74. The van der Waals surface area contributed by atoms with Gasteiger partial charge in [-0.05, 0) is 47.8 Å². The zero-order valence-corrected chi connectivity index (χ0v) is 16.0. The number of amides is 1. The Morgan fingerprint density at radius 2 is 1.93 bits per heavy atom. The summed E-state index contributed by atoms with van der Waals surface area (Å²) in [5.74, 6) is 0.236. The van der Waals surface area contributed by atoms with E-state index >= 15 is 0 Å². The number of carbonyl (C=O) groups excluding carboxylic acids is 1. The van der Waals surface area contributed by atoms with Crippen LogP contribution in [0.15, 0.2) is 68.1 Å². The third-order valence-electron chi connectivity index (χ3n) is 4.18. The van der Waals surface area contributed by atoms with Crippen LogP contribution in [-0.4, -0.2) is 15.0 Å². The summed E-state index contributed by atoms with van der Waals surface area (Å²) in [6, 6.07) is 11.5. The van der Waals surface area contributed by atoms with Crippen LogP contribution < -0.4 is 16.6 Å². The van der Waals surface area contributed by atoms with Gasteiger partial charge in [0.05, 0.1) is 24.0 Å². The minimum absolute atomic E-state index is 0.212. The average Bonchev–Trinajstić information content (AvgIpc) is 3.37. The van der Waals surface area contributed by atoms with E-state index in [0.717, 1.165) is 4.57 Å². The molecule has 4 rings (SSSR count). The number of furan rings is 1. The van der Waals surface area contributed by atoms with E-state index in [1.165, 1.54) is 22.2 Å². The first kappa shape index (κ1) is 18.3. The lowest BCUT2D eigenvalue weighted by Crippen LogP contribution is -2.41. The molecule has 0 saturated heterocycles. The number of benzene rings is 1. The van der Waals surface area contributed by atoms with E-state index in [0.29, 0.717) is 26.7 Å². The van der Waals surface area contributed by atoms with Gasteiger partial charge in [0, 0.05) is 5.02 Å². The van der Waals surface area contributed by atoms with E-state index in [9.17, 15) is 14.4 Å². The van der Waals surface area contributed by atoms with Crippen LogP contribution >= 0.6 is 22.9 Å². The van der Waals surface area contributed by atoms with Crippen molar-refractivity contribution in [3.05, 3.63) is 85.7 Å². The van der Waals surface area contributed by atoms with Gasteiger partial charge in [-0.25, -0.2) is 9.36 Å². The van der Waals surface area contributed by atoms with Gasteiger partial charge in [0.2, 0.25) is 5.91 Å². The molecule has 7 nitrogen and oxygen atoms in total. The van der Waals surface area contributed by atoms with Crippen LogP contribution in [0.4, 0.5) is 0 Å². The summed E-state index contributed by atoms with van der Waals surface area (Å²) in [5, 5.41) is 4.91. The number of nitrogens with one attached hydrogen (secondary N) is 1. The predicted octanol–water partition coefficient (Wildman–Crippen LogP) is 2.78. The molecule has 1 aromatic carbocycles. The summed E-state index contributed by atoms with van der Waals surface area (Å²) in [5.41, 5.74) is -0.200. The lowest BCUT2D eigenvalue weighted by molar-refractivity contribution is -0.121. The third kappa shape index (κ3) is 3.39. The van der Waals surface area contributed by atoms with Crippen LogP contribution in [0.5, 0.6) is 0 Å². The molecule has 0 bridgehead atoms. The fourth-order valence-electron chi connectivity index (χ4n) is 2.86. The SMILES string of the molecule is O=C(Cn1c(=O)n(-c2ccc(Cl)cc2)c(=O)c2sccc21)NCc1ccco1. The van der Waals surface area contributed by atoms with Crippen molar-refractivity contribution < 1.29 is 9.21 Å². The van der Waals surface area contributed by atoms with Crippen molar-refractivity contribution in [3.8, 4) is 5.69 Å². The molecule has 9 heteroatoms. The quantitative estimate of drug-likeness (QED) is 0.543. The van der Waals surface area contributed by atoms with Gasteiger partial charge in [-0.2, -0.15) is 0 Å². The molecule has 0 radical (unpaired) electrons. The second-order valence-corrected chi connectivity index (χ2v) is 7.33. The van der Waals surface area contributed by atoms with Crippen molar-refractivity contribution in [2.45, 2.75) is 13.1 Å². The Morgan fingerprint density at radius 1 is 1.14 bits per heavy atom. The molecule has 0 aliphatic rings. The Morgan fingerprint density at radius 3 is 2.64 bits per heavy atom. The highest BCUT2D eigenvalue weighted by molar-refractivity contribution is 7.17. The maximum Gasteiger partial charge on any atom is 0.336 e. The van der Waals surface area contributed by atoms with Gasteiger partial charge in [0.25, 0.3) is 5.56 Å². The van der Waals surface area contributed by atoms with Crippen molar-refractivity contribution in [2.24, 2.45) is 0 Å². The number of rotatable bonds is 5. The lowest BCUT2D eigenvalue weighted by atomic mass is 10.3. The standard InChI is InChI=1S/C19H14ClN3O4S/c20-12-3-5-13(6-4-12)23-18(25)17-15(7-9-28-17)22(19(23)26)11-16(24)21-10-14-2-1-8-27-14/h1-9H,10-11H2,(H,21,24). The van der Waals surface area contributed by atoms with Gasteiger partial charge in [0.15, 0.2) is 0 Å². The predicted molar refractivity (Wildman–Crippen MR) is 107 cm³/mol. The molecule has 0 aliphatic heterocycles. The number of hydrogen-bond acceptors (Lipinski definition) is 5. The lowest BCUT2D eigenvalue weighted by Gasteiger charge is -2.12. The van der Waals surface area contributed by atoms with Crippen LogP contribution in [0.25, 0.3) is 15.9 Å². The molecule has 0 fully saturated rings. The molecule has 3 aromatic heterocycles. The third-order valence-corrected chi connectivity index (χ3v) is 5.32. The topological polar surface area (TPSA) is 86.2 Å². The minimum atomic E-state index is -0.591. The number of halogens is 1. The van der Waals surface area contributed by atoms with Gasteiger partial charge in [-0.15, -0.1) is 11.3 Å². The number of thiophene rings is 1. The van der Waals surface area contributed by atoms with Crippen molar-refractivity contribution in [2.75, 3.05) is 0 Å². The molecule has 1 N–H and O–H groups in total. The Bertz CT molecular complexity index is 1250. The summed E-state index contributed by atoms with van der Waals surface area (Å²) in [6.45, 7) is -0.00910. The molecule has 0 unspecified atom stereocenters. The van der Waals surface area contributed by atoms with Crippen LogP contribution in [0, 0.1) is 0 Å². The zero-order valence-electron chi connectivity index (χ0n) is 14.4. The molecular formula is C19H14ClN3O4S. The number of aromatic nitrogens is 2. The van der Waals surface area contributed by atoms with Gasteiger partial charge in [0.1, 0.15) is 17.0 Å². The molecule has 3 heterocycles. The molecule has 4 aromatic rings. The summed E-state index contributed by atoms with van der Waals surface area (Å²) >= 11 is 7.13. The first-order chi connectivity index (χ1) is 13.5. The van der Waals surface area contributed by atoms with Crippen molar-refractivity contribution in [1.82, 2.24) is 14.5 Å².